The van der Waals surface area contributed by atoms with Crippen molar-refractivity contribution in [3.63, 3.8) is 0 Å². The summed E-state index contributed by atoms with van der Waals surface area (Å²) in [5.74, 6) is -0.340. The second-order valence-electron chi connectivity index (χ2n) is 4.35. The van der Waals surface area contributed by atoms with E-state index in [9.17, 15) is 8.78 Å². The van der Waals surface area contributed by atoms with E-state index in [2.05, 4.69) is 6.58 Å². The first kappa shape index (κ1) is 12.9. The Morgan fingerprint density at radius 3 is 2.44 bits per heavy atom. The molecule has 1 atom stereocenters. The average molecular weight is 224 g/mol. The van der Waals surface area contributed by atoms with Gasteiger partial charge in [0.1, 0.15) is 5.82 Å². The van der Waals surface area contributed by atoms with Crippen molar-refractivity contribution in [3.8, 4) is 0 Å². The highest BCUT2D eigenvalue weighted by Gasteiger charge is 2.31. The summed E-state index contributed by atoms with van der Waals surface area (Å²) in [6.07, 6.45) is 0.482. The van der Waals surface area contributed by atoms with E-state index in [-0.39, 0.29) is 5.82 Å². The lowest BCUT2D eigenvalue weighted by molar-refractivity contribution is 0.241. The number of halogens is 2. The van der Waals surface area contributed by atoms with Gasteiger partial charge in [-0.1, -0.05) is 19.6 Å². The molecule has 0 saturated heterocycles. The van der Waals surface area contributed by atoms with Gasteiger partial charge in [-0.3, -0.25) is 0 Å². The van der Waals surface area contributed by atoms with Gasteiger partial charge in [0.05, 0.1) is 0 Å². The molecule has 0 saturated carbocycles. The van der Waals surface area contributed by atoms with Gasteiger partial charge in [-0.15, -0.1) is 0 Å². The van der Waals surface area contributed by atoms with E-state index in [4.69, 9.17) is 0 Å². The lowest BCUT2D eigenvalue weighted by atomic mass is 9.84. The molecule has 0 aliphatic rings. The minimum Gasteiger partial charge on any atom is -0.234 e. The summed E-state index contributed by atoms with van der Waals surface area (Å²) in [6.45, 7) is 10.4. The van der Waals surface area contributed by atoms with E-state index in [1.54, 1.807) is 19.9 Å². The van der Waals surface area contributed by atoms with Crippen LogP contribution in [-0.2, 0) is 12.1 Å². The van der Waals surface area contributed by atoms with Crippen molar-refractivity contribution in [2.45, 2.75) is 39.8 Å². The number of hydrogen-bond donors (Lipinski definition) is 0. The second-order valence-corrected chi connectivity index (χ2v) is 4.35. The summed E-state index contributed by atoms with van der Waals surface area (Å²) in [4.78, 5) is 0. The first-order valence-corrected chi connectivity index (χ1v) is 5.45. The molecule has 0 heterocycles. The highest BCUT2D eigenvalue weighted by atomic mass is 19.1. The molecule has 0 radical (unpaired) electrons. The van der Waals surface area contributed by atoms with Crippen LogP contribution >= 0.6 is 0 Å². The summed E-state index contributed by atoms with van der Waals surface area (Å²) in [5, 5.41) is 0. The maximum Gasteiger partial charge on any atom is 0.154 e. The Morgan fingerprint density at radius 1 is 1.44 bits per heavy atom. The highest BCUT2D eigenvalue weighted by Crippen LogP contribution is 2.37. The minimum absolute atomic E-state index is 0.340. The number of rotatable bonds is 3. The fraction of sp³-hybridized carbons (Fsp3) is 0.429. The van der Waals surface area contributed by atoms with Crippen molar-refractivity contribution >= 4 is 0 Å². The summed E-state index contributed by atoms with van der Waals surface area (Å²) in [5.41, 5.74) is 0.384. The molecule has 2 heteroatoms. The predicted molar refractivity (Wildman–Crippen MR) is 63.8 cm³/mol. The van der Waals surface area contributed by atoms with E-state index in [1.165, 1.54) is 13.0 Å². The number of alkyl halides is 1. The van der Waals surface area contributed by atoms with Crippen molar-refractivity contribution in [3.05, 3.63) is 46.8 Å². The van der Waals surface area contributed by atoms with Crippen molar-refractivity contribution in [1.29, 1.82) is 0 Å². The van der Waals surface area contributed by atoms with Crippen LogP contribution in [-0.4, -0.2) is 0 Å². The smallest absolute Gasteiger partial charge is 0.154 e. The van der Waals surface area contributed by atoms with Crippen LogP contribution in [0.25, 0.3) is 0 Å². The SMILES string of the molecule is C=C(C)C(C)(F)c1c(C)ccc(F)c1CC. The van der Waals surface area contributed by atoms with Crippen LogP contribution in [0.4, 0.5) is 8.78 Å². The van der Waals surface area contributed by atoms with E-state index < -0.39 is 5.67 Å². The predicted octanol–water partition coefficient (Wildman–Crippen LogP) is 4.46. The van der Waals surface area contributed by atoms with Gasteiger partial charge in [-0.25, -0.2) is 8.78 Å². The Morgan fingerprint density at radius 2 is 2.00 bits per heavy atom. The maximum atomic E-state index is 14.6. The van der Waals surface area contributed by atoms with Crippen LogP contribution < -0.4 is 0 Å². The zero-order valence-corrected chi connectivity index (χ0v) is 10.3. The maximum absolute atomic E-state index is 14.6. The standard InChI is InChI=1S/C14H18F2/c1-6-11-12(15)8-7-10(4)13(11)14(5,16)9(2)3/h7-8H,2,6H2,1,3-5H3. The fourth-order valence-corrected chi connectivity index (χ4v) is 1.95. The zero-order valence-electron chi connectivity index (χ0n) is 10.3. The molecule has 1 aromatic rings. The van der Waals surface area contributed by atoms with Gasteiger partial charge < -0.3 is 0 Å². The number of benzene rings is 1. The lowest BCUT2D eigenvalue weighted by Crippen LogP contribution is -2.21. The molecule has 0 aliphatic heterocycles. The highest BCUT2D eigenvalue weighted by molar-refractivity contribution is 5.43. The van der Waals surface area contributed by atoms with Gasteiger partial charge in [0.2, 0.25) is 0 Å². The van der Waals surface area contributed by atoms with Crippen LogP contribution in [0.2, 0.25) is 0 Å². The Hall–Kier alpha value is -1.18. The van der Waals surface area contributed by atoms with Crippen molar-refractivity contribution < 1.29 is 8.78 Å². The first-order valence-electron chi connectivity index (χ1n) is 5.45. The molecule has 0 aliphatic carbocycles. The summed E-state index contributed by atoms with van der Waals surface area (Å²) in [7, 11) is 0. The van der Waals surface area contributed by atoms with Gasteiger partial charge >= 0.3 is 0 Å². The number of allylic oxidation sites excluding steroid dienone is 1. The van der Waals surface area contributed by atoms with Crippen LogP contribution in [0, 0.1) is 12.7 Å². The second kappa shape index (κ2) is 4.36. The van der Waals surface area contributed by atoms with Crippen molar-refractivity contribution in [2.24, 2.45) is 0 Å². The van der Waals surface area contributed by atoms with Gasteiger partial charge in [0.25, 0.3) is 0 Å². The van der Waals surface area contributed by atoms with Crippen LogP contribution in [0.15, 0.2) is 24.3 Å². The molecule has 1 aromatic carbocycles. The Labute approximate surface area is 96.0 Å². The molecule has 1 unspecified atom stereocenters. The number of aryl methyl sites for hydroxylation is 1. The zero-order chi connectivity index (χ0) is 12.5. The molecule has 0 fully saturated rings. The average Bonchev–Trinajstić information content (AvgIpc) is 2.20. The molecule has 0 bridgehead atoms. The van der Waals surface area contributed by atoms with Crippen molar-refractivity contribution in [2.75, 3.05) is 0 Å². The molecule has 1 rings (SSSR count). The largest absolute Gasteiger partial charge is 0.234 e. The molecule has 88 valence electrons. The normalized spacial score (nSPS) is 14.6. The Balaban J connectivity index is 3.54. The summed E-state index contributed by atoms with van der Waals surface area (Å²) in [6, 6.07) is 3.01. The molecule has 0 aromatic heterocycles. The molecule has 0 spiro atoms. The quantitative estimate of drug-likeness (QED) is 0.665. The summed E-state index contributed by atoms with van der Waals surface area (Å²) < 4.78 is 28.2. The van der Waals surface area contributed by atoms with Gasteiger partial charge in [0, 0.05) is 5.56 Å². The van der Waals surface area contributed by atoms with Gasteiger partial charge in [0.15, 0.2) is 5.67 Å². The van der Waals surface area contributed by atoms with E-state index >= 15 is 0 Å². The molecule has 16 heavy (non-hydrogen) atoms. The van der Waals surface area contributed by atoms with Crippen LogP contribution in [0.5, 0.6) is 0 Å². The van der Waals surface area contributed by atoms with E-state index in [0.717, 1.165) is 5.56 Å². The third kappa shape index (κ3) is 2.01. The molecule has 0 N–H and O–H groups in total. The van der Waals surface area contributed by atoms with Crippen LogP contribution in [0.1, 0.15) is 37.5 Å². The fourth-order valence-electron chi connectivity index (χ4n) is 1.95. The molecule has 0 amide bonds. The van der Waals surface area contributed by atoms with Gasteiger partial charge in [-0.05, 0) is 50.0 Å². The van der Waals surface area contributed by atoms with E-state index in [0.29, 0.717) is 23.1 Å². The topological polar surface area (TPSA) is 0 Å². The molecular formula is C14H18F2. The Kier molecular flexibility index (Phi) is 3.51. The minimum atomic E-state index is -1.67. The molecular weight excluding hydrogens is 206 g/mol. The van der Waals surface area contributed by atoms with Gasteiger partial charge in [-0.2, -0.15) is 0 Å². The lowest BCUT2D eigenvalue weighted by Gasteiger charge is -2.26. The van der Waals surface area contributed by atoms with Crippen molar-refractivity contribution in [1.82, 2.24) is 0 Å². The number of hydrogen-bond acceptors (Lipinski definition) is 0. The third-order valence-electron chi connectivity index (χ3n) is 3.09. The Bertz CT molecular complexity index is 417. The van der Waals surface area contributed by atoms with Crippen LogP contribution in [0.3, 0.4) is 0 Å². The first-order chi connectivity index (χ1) is 7.32. The molecule has 0 nitrogen and oxygen atoms in total. The van der Waals surface area contributed by atoms with E-state index in [1.807, 2.05) is 6.92 Å². The monoisotopic (exact) mass is 224 g/mol. The summed E-state index contributed by atoms with van der Waals surface area (Å²) >= 11 is 0. The third-order valence-corrected chi connectivity index (χ3v) is 3.09.